The van der Waals surface area contributed by atoms with Crippen LogP contribution < -0.4 is 11.1 Å². The lowest BCUT2D eigenvalue weighted by Gasteiger charge is -2.36. The highest BCUT2D eigenvalue weighted by Crippen LogP contribution is 2.25. The van der Waals surface area contributed by atoms with Crippen molar-refractivity contribution in [3.63, 3.8) is 0 Å². The summed E-state index contributed by atoms with van der Waals surface area (Å²) in [5.41, 5.74) is 5.76. The second kappa shape index (κ2) is 10.9. The predicted octanol–water partition coefficient (Wildman–Crippen LogP) is 3.96. The fourth-order valence-corrected chi connectivity index (χ4v) is 3.35. The van der Waals surface area contributed by atoms with Crippen molar-refractivity contribution in [3.8, 4) is 0 Å². The number of amides is 1. The number of benzene rings is 1. The Morgan fingerprint density at radius 2 is 1.67 bits per heavy atom. The third-order valence-electron chi connectivity index (χ3n) is 4.73. The molecular formula is C24H40N2O4. The molecule has 0 aromatic heterocycles. The second-order valence-electron chi connectivity index (χ2n) is 10.1. The lowest BCUT2D eigenvalue weighted by atomic mass is 9.88. The van der Waals surface area contributed by atoms with Gasteiger partial charge in [0.25, 0.3) is 0 Å². The van der Waals surface area contributed by atoms with E-state index in [0.717, 1.165) is 12.0 Å². The Kier molecular flexibility index (Phi) is 9.50. The molecule has 0 radical (unpaired) electrons. The van der Waals surface area contributed by atoms with Gasteiger partial charge in [-0.2, -0.15) is 0 Å². The largest absolute Gasteiger partial charge is 0.461 e. The predicted molar refractivity (Wildman–Crippen MR) is 120 cm³/mol. The van der Waals surface area contributed by atoms with Crippen molar-refractivity contribution >= 4 is 11.9 Å². The van der Waals surface area contributed by atoms with Gasteiger partial charge in [0.05, 0.1) is 12.0 Å². The summed E-state index contributed by atoms with van der Waals surface area (Å²) in [6.45, 7) is 14.4. The summed E-state index contributed by atoms with van der Waals surface area (Å²) < 4.78 is 11.3. The maximum Gasteiger partial charge on any atom is 0.306 e. The van der Waals surface area contributed by atoms with E-state index in [9.17, 15) is 9.59 Å². The van der Waals surface area contributed by atoms with Gasteiger partial charge in [-0.15, -0.1) is 0 Å². The SMILES string of the molecule is CC(CC(=O)OCc1ccccc1)C(=O)NC(C)(C)CC(C)(C)OCCC(C)(C)N. The maximum absolute atomic E-state index is 12.6. The van der Waals surface area contributed by atoms with Gasteiger partial charge in [-0.25, -0.2) is 0 Å². The van der Waals surface area contributed by atoms with Crippen molar-refractivity contribution in [2.45, 2.75) is 91.0 Å². The molecule has 1 amide bonds. The second-order valence-corrected chi connectivity index (χ2v) is 10.1. The molecule has 1 aromatic rings. The summed E-state index contributed by atoms with van der Waals surface area (Å²) in [7, 11) is 0. The molecule has 1 atom stereocenters. The van der Waals surface area contributed by atoms with Gasteiger partial charge in [-0.3, -0.25) is 9.59 Å². The quantitative estimate of drug-likeness (QED) is 0.500. The number of carbonyl (C=O) groups excluding carboxylic acids is 2. The zero-order valence-electron chi connectivity index (χ0n) is 19.7. The molecule has 6 heteroatoms. The van der Waals surface area contributed by atoms with E-state index in [-0.39, 0.29) is 30.4 Å². The van der Waals surface area contributed by atoms with Crippen LogP contribution in [0.25, 0.3) is 0 Å². The first-order chi connectivity index (χ1) is 13.7. The Bertz CT molecular complexity index is 678. The van der Waals surface area contributed by atoms with Crippen molar-refractivity contribution in [1.82, 2.24) is 5.32 Å². The van der Waals surface area contributed by atoms with E-state index in [1.807, 2.05) is 71.9 Å². The Labute approximate surface area is 181 Å². The summed E-state index contributed by atoms with van der Waals surface area (Å²) >= 11 is 0. The molecule has 170 valence electrons. The first-order valence-electron chi connectivity index (χ1n) is 10.6. The average Bonchev–Trinajstić information content (AvgIpc) is 2.57. The minimum absolute atomic E-state index is 0.0419. The molecule has 30 heavy (non-hydrogen) atoms. The molecule has 6 nitrogen and oxygen atoms in total. The fraction of sp³-hybridized carbons (Fsp3) is 0.667. The Morgan fingerprint density at radius 3 is 2.23 bits per heavy atom. The third-order valence-corrected chi connectivity index (χ3v) is 4.73. The molecule has 1 unspecified atom stereocenters. The molecule has 0 saturated carbocycles. The van der Waals surface area contributed by atoms with Crippen LogP contribution in [0.3, 0.4) is 0 Å². The molecule has 0 bridgehead atoms. The molecule has 0 aliphatic carbocycles. The summed E-state index contributed by atoms with van der Waals surface area (Å²) in [4.78, 5) is 24.7. The number of carbonyl (C=O) groups is 2. The van der Waals surface area contributed by atoms with Crippen LogP contribution in [0.4, 0.5) is 0 Å². The van der Waals surface area contributed by atoms with E-state index in [2.05, 4.69) is 5.32 Å². The summed E-state index contributed by atoms with van der Waals surface area (Å²) in [5.74, 6) is -1.03. The summed E-state index contributed by atoms with van der Waals surface area (Å²) in [5, 5.41) is 3.05. The molecule has 1 rings (SSSR count). The van der Waals surface area contributed by atoms with E-state index in [4.69, 9.17) is 15.2 Å². The zero-order valence-corrected chi connectivity index (χ0v) is 19.7. The molecule has 0 aliphatic rings. The number of hydrogen-bond acceptors (Lipinski definition) is 5. The molecule has 0 aliphatic heterocycles. The van der Waals surface area contributed by atoms with E-state index < -0.39 is 17.1 Å². The first kappa shape index (κ1) is 26.1. The van der Waals surface area contributed by atoms with Crippen LogP contribution in [0.15, 0.2) is 30.3 Å². The van der Waals surface area contributed by atoms with Crippen molar-refractivity contribution < 1.29 is 19.1 Å². The Morgan fingerprint density at radius 1 is 1.07 bits per heavy atom. The van der Waals surface area contributed by atoms with Gasteiger partial charge in [0, 0.05) is 23.6 Å². The van der Waals surface area contributed by atoms with Crippen LogP contribution in [0.2, 0.25) is 0 Å². The fourth-order valence-electron chi connectivity index (χ4n) is 3.35. The van der Waals surface area contributed by atoms with Crippen molar-refractivity contribution in [2.24, 2.45) is 11.7 Å². The number of hydrogen-bond donors (Lipinski definition) is 2. The highest BCUT2D eigenvalue weighted by Gasteiger charge is 2.32. The van der Waals surface area contributed by atoms with Gasteiger partial charge < -0.3 is 20.5 Å². The maximum atomic E-state index is 12.6. The molecule has 0 spiro atoms. The van der Waals surface area contributed by atoms with E-state index in [1.165, 1.54) is 0 Å². The van der Waals surface area contributed by atoms with Crippen LogP contribution in [0.5, 0.6) is 0 Å². The molecular weight excluding hydrogens is 380 g/mol. The van der Waals surface area contributed by atoms with E-state index in [1.54, 1.807) is 6.92 Å². The smallest absolute Gasteiger partial charge is 0.306 e. The van der Waals surface area contributed by atoms with Gasteiger partial charge in [0.2, 0.25) is 5.91 Å². The van der Waals surface area contributed by atoms with Gasteiger partial charge >= 0.3 is 5.97 Å². The number of nitrogens with two attached hydrogens (primary N) is 1. The molecule has 0 saturated heterocycles. The molecule has 1 aromatic carbocycles. The Hall–Kier alpha value is -1.92. The van der Waals surface area contributed by atoms with Crippen LogP contribution >= 0.6 is 0 Å². The lowest BCUT2D eigenvalue weighted by molar-refractivity contribution is -0.148. The van der Waals surface area contributed by atoms with Crippen molar-refractivity contribution in [3.05, 3.63) is 35.9 Å². The van der Waals surface area contributed by atoms with Gasteiger partial charge in [0.15, 0.2) is 0 Å². The van der Waals surface area contributed by atoms with Crippen molar-refractivity contribution in [2.75, 3.05) is 6.61 Å². The van der Waals surface area contributed by atoms with Gasteiger partial charge in [0.1, 0.15) is 6.61 Å². The molecule has 3 N–H and O–H groups in total. The third kappa shape index (κ3) is 11.3. The summed E-state index contributed by atoms with van der Waals surface area (Å²) in [6, 6.07) is 9.48. The highest BCUT2D eigenvalue weighted by molar-refractivity contribution is 5.83. The van der Waals surface area contributed by atoms with Gasteiger partial charge in [-0.1, -0.05) is 37.3 Å². The van der Waals surface area contributed by atoms with E-state index >= 15 is 0 Å². The Balaban J connectivity index is 2.46. The lowest BCUT2D eigenvalue weighted by Crippen LogP contribution is -2.50. The zero-order chi connectivity index (χ0) is 23.0. The monoisotopic (exact) mass is 420 g/mol. The number of ether oxygens (including phenoxy) is 2. The number of esters is 1. The minimum atomic E-state index is -0.485. The standard InChI is InChI=1S/C24H40N2O4/c1-18(15-20(27)29-16-19-11-9-8-10-12-19)21(28)26-23(4,5)17-24(6,7)30-14-13-22(2,3)25/h8-12,18H,13-17,25H2,1-7H3,(H,26,28). The normalized spacial score (nSPS) is 13.6. The summed E-state index contributed by atoms with van der Waals surface area (Å²) in [6.07, 6.45) is 1.42. The number of rotatable bonds is 12. The van der Waals surface area contributed by atoms with Crippen molar-refractivity contribution in [1.29, 1.82) is 0 Å². The van der Waals surface area contributed by atoms with Crippen LogP contribution in [0.1, 0.15) is 73.3 Å². The minimum Gasteiger partial charge on any atom is -0.461 e. The average molecular weight is 421 g/mol. The first-order valence-corrected chi connectivity index (χ1v) is 10.6. The number of nitrogens with one attached hydrogen (secondary N) is 1. The van der Waals surface area contributed by atoms with Crippen LogP contribution in [-0.4, -0.2) is 35.2 Å². The molecule has 0 fully saturated rings. The van der Waals surface area contributed by atoms with Gasteiger partial charge in [-0.05, 0) is 59.9 Å². The highest BCUT2D eigenvalue weighted by atomic mass is 16.5. The van der Waals surface area contributed by atoms with Crippen LogP contribution in [0, 0.1) is 5.92 Å². The van der Waals surface area contributed by atoms with E-state index in [0.29, 0.717) is 13.0 Å². The topological polar surface area (TPSA) is 90.7 Å². The molecule has 0 heterocycles. The van der Waals surface area contributed by atoms with Crippen LogP contribution in [-0.2, 0) is 25.7 Å².